The molecule has 0 saturated carbocycles. The number of rotatable bonds is 10. The molecule has 0 aliphatic rings. The second-order valence-corrected chi connectivity index (χ2v) is 8.67. The van der Waals surface area contributed by atoms with Crippen molar-refractivity contribution in [2.45, 2.75) is 45.6 Å². The lowest BCUT2D eigenvalue weighted by Crippen LogP contribution is -2.31. The molecular weight excluding hydrogens is 415 g/mol. The maximum absolute atomic E-state index is 11.3. The van der Waals surface area contributed by atoms with E-state index in [0.717, 1.165) is 66.5 Å². The quantitative estimate of drug-likeness (QED) is 0.360. The second kappa shape index (κ2) is 11.1. The summed E-state index contributed by atoms with van der Waals surface area (Å²) in [7, 11) is 0. The molecular formula is C25H30Cl2N2O. The van der Waals surface area contributed by atoms with Crippen LogP contribution in [0.3, 0.4) is 0 Å². The van der Waals surface area contributed by atoms with Gasteiger partial charge in [-0.2, -0.15) is 0 Å². The number of halogens is 2. The molecule has 1 aromatic heterocycles. The Morgan fingerprint density at radius 3 is 2.17 bits per heavy atom. The van der Waals surface area contributed by atoms with Crippen LogP contribution in [0.5, 0.6) is 0 Å². The highest BCUT2D eigenvalue weighted by Crippen LogP contribution is 2.32. The summed E-state index contributed by atoms with van der Waals surface area (Å²) in [5.74, 6) is 0. The molecule has 3 rings (SSSR count). The number of nitrogens with zero attached hydrogens (tertiary/aromatic N) is 2. The molecule has 0 unspecified atom stereocenters. The lowest BCUT2D eigenvalue weighted by atomic mass is 9.98. The SMILES string of the molecule is CCCCN(CCCC)C[C@H](O)c1cc2ccc(Cl)cc2nc1-c1ccc(Cl)cc1. The highest BCUT2D eigenvalue weighted by Gasteiger charge is 2.19. The molecule has 0 fully saturated rings. The van der Waals surface area contributed by atoms with E-state index >= 15 is 0 Å². The van der Waals surface area contributed by atoms with E-state index in [9.17, 15) is 5.11 Å². The number of pyridine rings is 1. The lowest BCUT2D eigenvalue weighted by Gasteiger charge is -2.26. The van der Waals surface area contributed by atoms with Crippen molar-refractivity contribution in [1.29, 1.82) is 0 Å². The summed E-state index contributed by atoms with van der Waals surface area (Å²) in [4.78, 5) is 7.25. The summed E-state index contributed by atoms with van der Waals surface area (Å²) in [6.45, 7) is 7.00. The summed E-state index contributed by atoms with van der Waals surface area (Å²) in [6, 6.07) is 15.3. The molecule has 0 spiro atoms. The minimum Gasteiger partial charge on any atom is -0.387 e. The van der Waals surface area contributed by atoms with Gasteiger partial charge in [-0.05, 0) is 56.3 Å². The maximum atomic E-state index is 11.3. The summed E-state index contributed by atoms with van der Waals surface area (Å²) in [5, 5.41) is 13.6. The predicted octanol–water partition coefficient (Wildman–Crippen LogP) is 7.14. The normalized spacial score (nSPS) is 12.6. The van der Waals surface area contributed by atoms with Gasteiger partial charge < -0.3 is 10.0 Å². The monoisotopic (exact) mass is 444 g/mol. The Labute approximate surface area is 189 Å². The van der Waals surface area contributed by atoms with Gasteiger partial charge >= 0.3 is 0 Å². The maximum Gasteiger partial charge on any atom is 0.0938 e. The van der Waals surface area contributed by atoms with Gasteiger partial charge in [0, 0.05) is 33.1 Å². The van der Waals surface area contributed by atoms with Crippen molar-refractivity contribution in [3.63, 3.8) is 0 Å². The van der Waals surface area contributed by atoms with Crippen molar-refractivity contribution in [2.75, 3.05) is 19.6 Å². The molecule has 3 nitrogen and oxygen atoms in total. The van der Waals surface area contributed by atoms with E-state index in [2.05, 4.69) is 18.7 Å². The van der Waals surface area contributed by atoms with Gasteiger partial charge in [-0.3, -0.25) is 0 Å². The van der Waals surface area contributed by atoms with Gasteiger partial charge in [0.05, 0.1) is 17.3 Å². The molecule has 3 aromatic rings. The zero-order valence-corrected chi connectivity index (χ0v) is 19.3. The number of aliphatic hydroxyl groups excluding tert-OH is 1. The van der Waals surface area contributed by atoms with Crippen molar-refractivity contribution in [1.82, 2.24) is 9.88 Å². The molecule has 0 saturated heterocycles. The number of benzene rings is 2. The van der Waals surface area contributed by atoms with Crippen LogP contribution in [0.2, 0.25) is 10.0 Å². The van der Waals surface area contributed by atoms with Crippen LogP contribution in [0.1, 0.15) is 51.2 Å². The van der Waals surface area contributed by atoms with Crippen LogP contribution in [-0.2, 0) is 0 Å². The van der Waals surface area contributed by atoms with E-state index < -0.39 is 6.10 Å². The molecule has 1 heterocycles. The first kappa shape index (κ1) is 23.0. The number of unbranched alkanes of at least 4 members (excludes halogenated alkanes) is 2. The van der Waals surface area contributed by atoms with Gasteiger partial charge in [0.25, 0.3) is 0 Å². The molecule has 0 amide bonds. The van der Waals surface area contributed by atoms with E-state index in [0.29, 0.717) is 16.6 Å². The van der Waals surface area contributed by atoms with Gasteiger partial charge in [0.15, 0.2) is 0 Å². The van der Waals surface area contributed by atoms with Gasteiger partial charge in [-0.15, -0.1) is 0 Å². The number of aromatic nitrogens is 1. The van der Waals surface area contributed by atoms with Crippen molar-refractivity contribution in [2.24, 2.45) is 0 Å². The standard InChI is InChI=1S/C25H30Cl2N2O/c1-3-5-13-29(14-6-4-2)17-24(30)22-15-19-9-12-21(27)16-23(19)28-25(22)18-7-10-20(26)11-8-18/h7-12,15-16,24,30H,3-6,13-14,17H2,1-2H3/t24-/m0/s1. The molecule has 1 atom stereocenters. The van der Waals surface area contributed by atoms with Crippen LogP contribution in [0, 0.1) is 0 Å². The van der Waals surface area contributed by atoms with Crippen LogP contribution in [0.4, 0.5) is 0 Å². The van der Waals surface area contributed by atoms with Crippen molar-refractivity contribution in [3.8, 4) is 11.3 Å². The fraction of sp³-hybridized carbons (Fsp3) is 0.400. The Kier molecular flexibility index (Phi) is 8.52. The molecule has 30 heavy (non-hydrogen) atoms. The summed E-state index contributed by atoms with van der Waals surface area (Å²) < 4.78 is 0. The first-order valence-corrected chi connectivity index (χ1v) is 11.5. The summed E-state index contributed by atoms with van der Waals surface area (Å²) >= 11 is 12.3. The number of hydrogen-bond donors (Lipinski definition) is 1. The lowest BCUT2D eigenvalue weighted by molar-refractivity contribution is 0.111. The van der Waals surface area contributed by atoms with Crippen LogP contribution in [0.15, 0.2) is 48.5 Å². The molecule has 160 valence electrons. The Balaban J connectivity index is 1.99. The molecule has 2 aromatic carbocycles. The Morgan fingerprint density at radius 1 is 0.900 bits per heavy atom. The third kappa shape index (κ3) is 5.95. The van der Waals surface area contributed by atoms with Gasteiger partial charge in [-0.25, -0.2) is 4.98 Å². The van der Waals surface area contributed by atoms with Gasteiger partial charge in [-0.1, -0.05) is 68.1 Å². The van der Waals surface area contributed by atoms with Gasteiger partial charge in [0.2, 0.25) is 0 Å². The Bertz CT molecular complexity index is 951. The Morgan fingerprint density at radius 2 is 1.53 bits per heavy atom. The van der Waals surface area contributed by atoms with Crippen LogP contribution < -0.4 is 0 Å². The average molecular weight is 445 g/mol. The zero-order chi connectivity index (χ0) is 21.5. The number of aliphatic hydroxyl groups is 1. The van der Waals surface area contributed by atoms with E-state index in [-0.39, 0.29) is 0 Å². The first-order chi connectivity index (χ1) is 14.5. The largest absolute Gasteiger partial charge is 0.387 e. The van der Waals surface area contributed by atoms with E-state index in [1.807, 2.05) is 48.5 Å². The van der Waals surface area contributed by atoms with Gasteiger partial charge in [0.1, 0.15) is 0 Å². The highest BCUT2D eigenvalue weighted by molar-refractivity contribution is 6.31. The number of fused-ring (bicyclic) bond motifs is 1. The van der Waals surface area contributed by atoms with E-state index in [4.69, 9.17) is 28.2 Å². The Hall–Kier alpha value is -1.65. The average Bonchev–Trinajstić information content (AvgIpc) is 2.75. The van der Waals surface area contributed by atoms with Crippen molar-refractivity contribution in [3.05, 3.63) is 64.1 Å². The molecule has 5 heteroatoms. The molecule has 0 bridgehead atoms. The van der Waals surface area contributed by atoms with Crippen LogP contribution in [-0.4, -0.2) is 34.6 Å². The molecule has 1 N–H and O–H groups in total. The minimum atomic E-state index is -0.628. The van der Waals surface area contributed by atoms with E-state index in [1.165, 1.54) is 0 Å². The summed E-state index contributed by atoms with van der Waals surface area (Å²) in [6.07, 6.45) is 3.93. The van der Waals surface area contributed by atoms with Crippen molar-refractivity contribution < 1.29 is 5.11 Å². The fourth-order valence-electron chi connectivity index (χ4n) is 3.65. The molecule has 0 aliphatic carbocycles. The van der Waals surface area contributed by atoms with Crippen LogP contribution >= 0.6 is 23.2 Å². The third-order valence-corrected chi connectivity index (χ3v) is 5.86. The van der Waals surface area contributed by atoms with Crippen molar-refractivity contribution >= 4 is 34.1 Å². The molecule has 0 radical (unpaired) electrons. The zero-order valence-electron chi connectivity index (χ0n) is 17.7. The number of hydrogen-bond acceptors (Lipinski definition) is 3. The molecule has 0 aliphatic heterocycles. The topological polar surface area (TPSA) is 36.4 Å². The highest BCUT2D eigenvalue weighted by atomic mass is 35.5. The van der Waals surface area contributed by atoms with Crippen LogP contribution in [0.25, 0.3) is 22.2 Å². The smallest absolute Gasteiger partial charge is 0.0938 e. The predicted molar refractivity (Wildman–Crippen MR) is 128 cm³/mol. The second-order valence-electron chi connectivity index (χ2n) is 7.79. The first-order valence-electron chi connectivity index (χ1n) is 10.8. The fourth-order valence-corrected chi connectivity index (χ4v) is 3.94. The minimum absolute atomic E-state index is 0.599. The van der Waals surface area contributed by atoms with E-state index in [1.54, 1.807) is 0 Å². The third-order valence-electron chi connectivity index (χ3n) is 5.37. The summed E-state index contributed by atoms with van der Waals surface area (Å²) in [5.41, 5.74) is 3.37.